The van der Waals surface area contributed by atoms with Gasteiger partial charge in [0.15, 0.2) is 0 Å². The van der Waals surface area contributed by atoms with Crippen molar-refractivity contribution in [2.45, 2.75) is 13.3 Å². The minimum atomic E-state index is -0.418. The van der Waals surface area contributed by atoms with Crippen molar-refractivity contribution in [3.63, 3.8) is 0 Å². The Bertz CT molecular complexity index is 1620. The summed E-state index contributed by atoms with van der Waals surface area (Å²) < 4.78 is 13.2. The number of nitrogens with one attached hydrogen (secondary N) is 2. The standard InChI is InChI=1S/C28H23FN4O2/c1-15-20(3-2-4-23(15)33-28(35)16-5-8-18(29)9-6-16)21-11-7-17(13-25(31)34)27-26(21)22-12-10-19(30)14-24(22)32-27/h2-12,14,32H,13,30H2,1H3,(H2,31,34)(H,33,35). The number of rotatable bonds is 5. The van der Waals surface area contributed by atoms with E-state index in [0.29, 0.717) is 16.9 Å². The van der Waals surface area contributed by atoms with Gasteiger partial charge in [0.1, 0.15) is 5.82 Å². The van der Waals surface area contributed by atoms with Gasteiger partial charge in [-0.15, -0.1) is 0 Å². The number of carbonyl (C=O) groups is 2. The van der Waals surface area contributed by atoms with Crippen molar-refractivity contribution < 1.29 is 14.0 Å². The quantitative estimate of drug-likeness (QED) is 0.264. The number of amides is 2. The van der Waals surface area contributed by atoms with Gasteiger partial charge in [0.2, 0.25) is 5.91 Å². The normalized spacial score (nSPS) is 11.1. The molecule has 174 valence electrons. The Morgan fingerprint density at radius 1 is 0.971 bits per heavy atom. The molecule has 0 bridgehead atoms. The summed E-state index contributed by atoms with van der Waals surface area (Å²) in [5.74, 6) is -1.14. The molecule has 7 heteroatoms. The van der Waals surface area contributed by atoms with E-state index in [1.807, 2.05) is 55.5 Å². The average molecular weight is 467 g/mol. The molecule has 4 aromatic carbocycles. The first-order valence-corrected chi connectivity index (χ1v) is 11.1. The van der Waals surface area contributed by atoms with Crippen LogP contribution < -0.4 is 16.8 Å². The van der Waals surface area contributed by atoms with Crippen LogP contribution in [-0.2, 0) is 11.2 Å². The van der Waals surface area contributed by atoms with Crippen molar-refractivity contribution >= 4 is 45.0 Å². The number of aromatic amines is 1. The number of hydrogen-bond acceptors (Lipinski definition) is 3. The maximum atomic E-state index is 13.2. The second-order valence-corrected chi connectivity index (χ2v) is 8.53. The fourth-order valence-corrected chi connectivity index (χ4v) is 4.50. The van der Waals surface area contributed by atoms with E-state index >= 15 is 0 Å². The van der Waals surface area contributed by atoms with Crippen molar-refractivity contribution in [1.29, 1.82) is 0 Å². The predicted octanol–water partition coefficient (Wildman–Crippen LogP) is 5.30. The summed E-state index contributed by atoms with van der Waals surface area (Å²) in [7, 11) is 0. The van der Waals surface area contributed by atoms with Crippen LogP contribution in [0, 0.1) is 12.7 Å². The van der Waals surface area contributed by atoms with Crippen LogP contribution in [0.1, 0.15) is 21.5 Å². The van der Waals surface area contributed by atoms with E-state index in [9.17, 15) is 14.0 Å². The van der Waals surface area contributed by atoms with E-state index in [1.54, 1.807) is 0 Å². The van der Waals surface area contributed by atoms with Crippen LogP contribution in [0.15, 0.2) is 72.8 Å². The molecule has 5 aromatic rings. The smallest absolute Gasteiger partial charge is 0.255 e. The monoisotopic (exact) mass is 466 g/mol. The Hall–Kier alpha value is -4.65. The number of nitrogen functional groups attached to an aromatic ring is 1. The van der Waals surface area contributed by atoms with Crippen LogP contribution >= 0.6 is 0 Å². The molecule has 1 aromatic heterocycles. The highest BCUT2D eigenvalue weighted by atomic mass is 19.1. The summed E-state index contributed by atoms with van der Waals surface area (Å²) in [4.78, 5) is 27.9. The fourth-order valence-electron chi connectivity index (χ4n) is 4.50. The highest BCUT2D eigenvalue weighted by Crippen LogP contribution is 2.39. The zero-order valence-electron chi connectivity index (χ0n) is 19.0. The van der Waals surface area contributed by atoms with Crippen LogP contribution in [-0.4, -0.2) is 16.8 Å². The number of carbonyl (C=O) groups excluding carboxylic acids is 2. The lowest BCUT2D eigenvalue weighted by Gasteiger charge is -2.15. The van der Waals surface area contributed by atoms with E-state index in [2.05, 4.69) is 10.3 Å². The number of anilines is 2. The van der Waals surface area contributed by atoms with E-state index in [1.165, 1.54) is 24.3 Å². The second-order valence-electron chi connectivity index (χ2n) is 8.53. The van der Waals surface area contributed by atoms with E-state index < -0.39 is 11.7 Å². The molecule has 0 spiro atoms. The minimum Gasteiger partial charge on any atom is -0.399 e. The molecule has 0 aliphatic carbocycles. The third-order valence-electron chi connectivity index (χ3n) is 6.21. The number of halogens is 1. The number of nitrogens with two attached hydrogens (primary N) is 2. The van der Waals surface area contributed by atoms with Crippen LogP contribution in [0.25, 0.3) is 32.9 Å². The molecule has 0 unspecified atom stereocenters. The van der Waals surface area contributed by atoms with Crippen molar-refractivity contribution in [3.8, 4) is 11.1 Å². The van der Waals surface area contributed by atoms with Crippen LogP contribution in [0.3, 0.4) is 0 Å². The molecule has 2 amide bonds. The highest BCUT2D eigenvalue weighted by molar-refractivity contribution is 6.16. The molecule has 0 saturated heterocycles. The first kappa shape index (κ1) is 22.2. The van der Waals surface area contributed by atoms with Crippen molar-refractivity contribution in [3.05, 3.63) is 95.3 Å². The largest absolute Gasteiger partial charge is 0.399 e. The molecule has 0 fully saturated rings. The molecule has 5 rings (SSSR count). The van der Waals surface area contributed by atoms with Crippen molar-refractivity contribution in [1.82, 2.24) is 4.98 Å². The zero-order valence-corrected chi connectivity index (χ0v) is 19.0. The Labute approximate surface area is 200 Å². The van der Waals surface area contributed by atoms with Gasteiger partial charge in [0.05, 0.1) is 11.9 Å². The average Bonchev–Trinajstić information content (AvgIpc) is 3.20. The lowest BCUT2D eigenvalue weighted by Crippen LogP contribution is -2.14. The van der Waals surface area contributed by atoms with Crippen molar-refractivity contribution in [2.24, 2.45) is 5.73 Å². The van der Waals surface area contributed by atoms with Gasteiger partial charge in [-0.05, 0) is 71.6 Å². The summed E-state index contributed by atoms with van der Waals surface area (Å²) in [6, 6.07) is 20.6. The Balaban J connectivity index is 1.65. The fraction of sp³-hybridized carbons (Fsp3) is 0.0714. The third kappa shape index (κ3) is 4.08. The van der Waals surface area contributed by atoms with Gasteiger partial charge < -0.3 is 21.8 Å². The molecular weight excluding hydrogens is 443 g/mol. The van der Waals surface area contributed by atoms with Gasteiger partial charge in [-0.2, -0.15) is 0 Å². The molecule has 0 atom stereocenters. The van der Waals surface area contributed by atoms with Gasteiger partial charge in [0, 0.05) is 33.2 Å². The number of aromatic nitrogens is 1. The van der Waals surface area contributed by atoms with E-state index in [-0.39, 0.29) is 12.3 Å². The lowest BCUT2D eigenvalue weighted by molar-refractivity contribution is -0.117. The summed E-state index contributed by atoms with van der Waals surface area (Å²) in [5, 5.41) is 4.85. The summed E-state index contributed by atoms with van der Waals surface area (Å²) in [6.45, 7) is 1.94. The molecule has 6 N–H and O–H groups in total. The van der Waals surface area contributed by atoms with Crippen molar-refractivity contribution in [2.75, 3.05) is 11.1 Å². The number of benzene rings is 4. The number of hydrogen-bond donors (Lipinski definition) is 4. The molecule has 0 aliphatic rings. The van der Waals surface area contributed by atoms with Crippen LogP contribution in [0.5, 0.6) is 0 Å². The highest BCUT2D eigenvalue weighted by Gasteiger charge is 2.18. The molecule has 0 radical (unpaired) electrons. The minimum absolute atomic E-state index is 0.103. The third-order valence-corrected chi connectivity index (χ3v) is 6.21. The number of fused-ring (bicyclic) bond motifs is 3. The van der Waals surface area contributed by atoms with E-state index in [0.717, 1.165) is 44.1 Å². The van der Waals surface area contributed by atoms with E-state index in [4.69, 9.17) is 11.5 Å². The molecular formula is C28H23FN4O2. The Morgan fingerprint density at radius 3 is 2.49 bits per heavy atom. The summed E-state index contributed by atoms with van der Waals surface area (Å²) in [6.07, 6.45) is 0.103. The summed E-state index contributed by atoms with van der Waals surface area (Å²) >= 11 is 0. The van der Waals surface area contributed by atoms with Gasteiger partial charge >= 0.3 is 0 Å². The van der Waals surface area contributed by atoms with Crippen LogP contribution in [0.2, 0.25) is 0 Å². The Morgan fingerprint density at radius 2 is 1.74 bits per heavy atom. The van der Waals surface area contributed by atoms with Gasteiger partial charge in [-0.25, -0.2) is 4.39 Å². The van der Waals surface area contributed by atoms with Gasteiger partial charge in [0.25, 0.3) is 5.91 Å². The van der Waals surface area contributed by atoms with Crippen LogP contribution in [0.4, 0.5) is 15.8 Å². The topological polar surface area (TPSA) is 114 Å². The lowest BCUT2D eigenvalue weighted by atomic mass is 9.92. The maximum absolute atomic E-state index is 13.2. The van der Waals surface area contributed by atoms with Gasteiger partial charge in [-0.3, -0.25) is 9.59 Å². The predicted molar refractivity (Wildman–Crippen MR) is 138 cm³/mol. The SMILES string of the molecule is Cc1c(NC(=O)c2ccc(F)cc2)cccc1-c1ccc(CC(N)=O)c2[nH]c3cc(N)ccc3c12. The number of primary amides is 1. The summed E-state index contributed by atoms with van der Waals surface area (Å²) in [5.41, 5.74) is 18.4. The first-order valence-electron chi connectivity index (χ1n) is 11.1. The first-order chi connectivity index (χ1) is 16.8. The molecule has 1 heterocycles. The second kappa shape index (κ2) is 8.61. The Kier molecular flexibility index (Phi) is 5.45. The maximum Gasteiger partial charge on any atom is 0.255 e. The molecule has 0 aliphatic heterocycles. The molecule has 0 saturated carbocycles. The molecule has 6 nitrogen and oxygen atoms in total. The molecule has 35 heavy (non-hydrogen) atoms. The zero-order chi connectivity index (χ0) is 24.7. The number of H-pyrrole nitrogens is 1. The van der Waals surface area contributed by atoms with Gasteiger partial charge in [-0.1, -0.05) is 30.3 Å².